The van der Waals surface area contributed by atoms with E-state index < -0.39 is 54.3 Å². The molecule has 3 aromatic carbocycles. The molecule has 0 aromatic heterocycles. The van der Waals surface area contributed by atoms with Crippen LogP contribution < -0.4 is 26.4 Å². The number of hydrogen-bond acceptors (Lipinski definition) is 9. The topological polar surface area (TPSA) is 195 Å². The first-order valence-electron chi connectivity index (χ1n) is 13.6. The second-order valence-corrected chi connectivity index (χ2v) is 10.0. The number of amides is 4. The van der Waals surface area contributed by atoms with Crippen LogP contribution in [0.15, 0.2) is 72.8 Å². The zero-order valence-electron chi connectivity index (χ0n) is 23.8. The van der Waals surface area contributed by atoms with Crippen molar-refractivity contribution in [2.75, 3.05) is 7.11 Å². The number of phenols is 1. The molecule has 13 nitrogen and oxygen atoms in total. The van der Waals surface area contributed by atoms with Gasteiger partial charge >= 0.3 is 12.1 Å². The fourth-order valence-corrected chi connectivity index (χ4v) is 4.47. The summed E-state index contributed by atoms with van der Waals surface area (Å²) in [6.07, 6.45) is -1.63. The first-order valence-corrected chi connectivity index (χ1v) is 13.6. The summed E-state index contributed by atoms with van der Waals surface area (Å²) >= 11 is 0. The monoisotopic (exact) mass is 604 g/mol. The minimum Gasteiger partial charge on any atom is -0.504 e. The van der Waals surface area contributed by atoms with Gasteiger partial charge in [-0.15, -0.1) is 0 Å². The van der Waals surface area contributed by atoms with E-state index in [1.54, 1.807) is 48.5 Å². The number of primary amides is 1. The van der Waals surface area contributed by atoms with Crippen molar-refractivity contribution in [3.05, 3.63) is 89.5 Å². The van der Waals surface area contributed by atoms with Gasteiger partial charge in [-0.25, -0.2) is 9.59 Å². The van der Waals surface area contributed by atoms with Gasteiger partial charge in [-0.3, -0.25) is 14.4 Å². The van der Waals surface area contributed by atoms with Crippen LogP contribution in [0.4, 0.5) is 4.79 Å². The average Bonchev–Trinajstić information content (AvgIpc) is 3.01. The van der Waals surface area contributed by atoms with E-state index in [-0.39, 0.29) is 30.9 Å². The average molecular weight is 605 g/mol. The molecule has 44 heavy (non-hydrogen) atoms. The number of hydrogen-bond donors (Lipinski definition) is 5. The lowest BCUT2D eigenvalue weighted by atomic mass is 10.0. The van der Waals surface area contributed by atoms with Crippen molar-refractivity contribution in [3.63, 3.8) is 0 Å². The van der Waals surface area contributed by atoms with Crippen molar-refractivity contribution in [2.24, 2.45) is 5.73 Å². The minimum atomic E-state index is -1.49. The smallest absolute Gasteiger partial charge is 0.408 e. The van der Waals surface area contributed by atoms with E-state index in [9.17, 15) is 29.1 Å². The van der Waals surface area contributed by atoms with Gasteiger partial charge in [-0.2, -0.15) is 0 Å². The van der Waals surface area contributed by atoms with Crippen molar-refractivity contribution >= 4 is 29.8 Å². The summed E-state index contributed by atoms with van der Waals surface area (Å²) in [6, 6.07) is 15.9. The van der Waals surface area contributed by atoms with E-state index in [1.807, 2.05) is 6.07 Å². The molecule has 0 aliphatic carbocycles. The molecule has 0 spiro atoms. The predicted octanol–water partition coefficient (Wildman–Crippen LogP) is 1.60. The fourth-order valence-electron chi connectivity index (χ4n) is 4.47. The van der Waals surface area contributed by atoms with Gasteiger partial charge in [0, 0.05) is 12.8 Å². The van der Waals surface area contributed by atoms with Crippen LogP contribution in [0, 0.1) is 0 Å². The number of esters is 1. The van der Waals surface area contributed by atoms with E-state index in [2.05, 4.69) is 16.0 Å². The summed E-state index contributed by atoms with van der Waals surface area (Å²) in [4.78, 5) is 64.0. The highest BCUT2D eigenvalue weighted by atomic mass is 16.5. The highest BCUT2D eigenvalue weighted by molar-refractivity contribution is 5.95. The van der Waals surface area contributed by atoms with Crippen molar-refractivity contribution in [2.45, 2.75) is 44.0 Å². The summed E-state index contributed by atoms with van der Waals surface area (Å²) in [5.74, 6) is -3.09. The normalized spacial score (nSPS) is 18.5. The molecule has 3 aromatic rings. The molecule has 2 heterocycles. The van der Waals surface area contributed by atoms with Crippen LogP contribution in [0.1, 0.15) is 23.1 Å². The lowest BCUT2D eigenvalue weighted by molar-refractivity contribution is -0.145. The number of nitrogens with one attached hydrogen (secondary N) is 3. The Morgan fingerprint density at radius 1 is 0.955 bits per heavy atom. The maximum atomic E-state index is 13.5. The van der Waals surface area contributed by atoms with Crippen LogP contribution in [-0.2, 0) is 48.1 Å². The summed E-state index contributed by atoms with van der Waals surface area (Å²) < 4.78 is 16.0. The van der Waals surface area contributed by atoms with Gasteiger partial charge in [-0.1, -0.05) is 48.5 Å². The lowest BCUT2D eigenvalue weighted by Gasteiger charge is -2.24. The van der Waals surface area contributed by atoms with E-state index >= 15 is 0 Å². The van der Waals surface area contributed by atoms with Crippen molar-refractivity contribution in [3.8, 4) is 17.2 Å². The number of carbonyl (C=O) groups is 5. The molecule has 6 N–H and O–H groups in total. The second-order valence-electron chi connectivity index (χ2n) is 10.0. The number of nitrogens with two attached hydrogens (primary N) is 1. The first kappa shape index (κ1) is 31.3. The molecular formula is C31H32N4O9. The molecule has 4 amide bonds. The number of methoxy groups -OCH3 is 1. The summed E-state index contributed by atoms with van der Waals surface area (Å²) in [7, 11) is 1.16. The Bertz CT molecular complexity index is 1510. The number of carbonyl (C=O) groups excluding carboxylic acids is 5. The Morgan fingerprint density at radius 3 is 2.34 bits per heavy atom. The quantitative estimate of drug-likeness (QED) is 0.260. The molecule has 0 fully saturated rings. The van der Waals surface area contributed by atoms with Crippen molar-refractivity contribution in [1.82, 2.24) is 16.0 Å². The molecule has 230 valence electrons. The zero-order valence-corrected chi connectivity index (χ0v) is 23.8. The highest BCUT2D eigenvalue weighted by Gasteiger charge is 2.32. The Balaban J connectivity index is 1.67. The standard InChI is InChI=1S/C31H32N4O9/c1-42-30(40)24-13-18-7-10-21(11-8-18)44-26-15-20(9-12-25(26)36)14-22(28(38)33-23(16-27(32)37)29(39)34-24)35-31(41)43-17-19-5-3-2-4-6-19/h2-12,15,22-24,36H,13-14,16-17H2,1H3,(H2,32,37)(H,33,38)(H,34,39)(H,35,41)/t22-,23-,24-/m0/s1. The Labute approximate surface area is 252 Å². The molecule has 0 saturated heterocycles. The third kappa shape index (κ3) is 8.71. The van der Waals surface area contributed by atoms with Crippen LogP contribution in [0.5, 0.6) is 17.2 Å². The van der Waals surface area contributed by atoms with Gasteiger partial charge in [0.25, 0.3) is 0 Å². The predicted molar refractivity (Wildman–Crippen MR) is 155 cm³/mol. The van der Waals surface area contributed by atoms with Crippen LogP contribution in [-0.4, -0.2) is 60.1 Å². The number of alkyl carbamates (subject to hydrolysis) is 1. The lowest BCUT2D eigenvalue weighted by Crippen LogP contribution is -2.57. The maximum absolute atomic E-state index is 13.5. The van der Waals surface area contributed by atoms with Gasteiger partial charge in [0.2, 0.25) is 17.7 Å². The largest absolute Gasteiger partial charge is 0.504 e. The van der Waals surface area contributed by atoms with Crippen LogP contribution >= 0.6 is 0 Å². The molecule has 3 atom stereocenters. The molecule has 0 radical (unpaired) electrons. The number of phenolic OH excluding ortho intramolecular Hbond substituents is 1. The van der Waals surface area contributed by atoms with E-state index in [4.69, 9.17) is 19.9 Å². The second kappa shape index (κ2) is 14.5. The van der Waals surface area contributed by atoms with Gasteiger partial charge in [0.05, 0.1) is 13.5 Å². The third-order valence-corrected chi connectivity index (χ3v) is 6.72. The Hall–Kier alpha value is -5.59. The SMILES string of the molecule is COC(=O)[C@@H]1Cc2ccc(cc2)Oc2cc(ccc2O)C[C@H](NC(=O)OCc2ccccc2)C(=O)N[C@@H](CC(N)=O)C(=O)N1. The number of aromatic hydroxyl groups is 1. The number of benzene rings is 3. The number of ether oxygens (including phenoxy) is 3. The molecule has 4 bridgehead atoms. The Morgan fingerprint density at radius 2 is 1.66 bits per heavy atom. The molecule has 0 saturated carbocycles. The number of fused-ring (bicyclic) bond motifs is 10. The first-order chi connectivity index (χ1) is 21.1. The fraction of sp³-hybridized carbons (Fsp3) is 0.258. The van der Waals surface area contributed by atoms with Crippen molar-refractivity contribution in [1.29, 1.82) is 0 Å². The number of rotatable bonds is 6. The van der Waals surface area contributed by atoms with Gasteiger partial charge in [0.1, 0.15) is 30.5 Å². The van der Waals surface area contributed by atoms with Crippen LogP contribution in [0.25, 0.3) is 0 Å². The Kier molecular flexibility index (Phi) is 10.4. The molecule has 5 rings (SSSR count). The van der Waals surface area contributed by atoms with Gasteiger partial charge < -0.3 is 41.0 Å². The van der Waals surface area contributed by atoms with Crippen LogP contribution in [0.2, 0.25) is 0 Å². The van der Waals surface area contributed by atoms with E-state index in [1.165, 1.54) is 18.2 Å². The molecule has 2 aliphatic heterocycles. The summed E-state index contributed by atoms with van der Waals surface area (Å²) in [6.45, 7) is -0.0709. The van der Waals surface area contributed by atoms with E-state index in [0.29, 0.717) is 22.4 Å². The van der Waals surface area contributed by atoms with Gasteiger partial charge in [0.15, 0.2) is 11.5 Å². The van der Waals surface area contributed by atoms with E-state index in [0.717, 1.165) is 7.11 Å². The molecular weight excluding hydrogens is 572 g/mol. The van der Waals surface area contributed by atoms with Crippen LogP contribution in [0.3, 0.4) is 0 Å². The zero-order chi connectivity index (χ0) is 31.6. The molecule has 13 heteroatoms. The minimum absolute atomic E-state index is 0.00804. The molecule has 0 unspecified atom stereocenters. The molecule has 2 aliphatic rings. The van der Waals surface area contributed by atoms with Crippen molar-refractivity contribution < 1.29 is 43.3 Å². The third-order valence-electron chi connectivity index (χ3n) is 6.72. The van der Waals surface area contributed by atoms with Gasteiger partial charge in [-0.05, 0) is 41.0 Å². The summed E-state index contributed by atoms with van der Waals surface area (Å²) in [5, 5.41) is 17.9. The highest BCUT2D eigenvalue weighted by Crippen LogP contribution is 2.32. The maximum Gasteiger partial charge on any atom is 0.408 e. The summed E-state index contributed by atoms with van der Waals surface area (Å²) in [5.41, 5.74) is 7.19.